The van der Waals surface area contributed by atoms with Crippen LogP contribution in [0.15, 0.2) is 52.4 Å². The van der Waals surface area contributed by atoms with E-state index in [4.69, 9.17) is 9.47 Å². The Hall–Kier alpha value is -3.31. The Labute approximate surface area is 187 Å². The maximum Gasteiger partial charge on any atom is 0.337 e. The van der Waals surface area contributed by atoms with Crippen LogP contribution in [0.5, 0.6) is 0 Å². The van der Waals surface area contributed by atoms with Crippen LogP contribution in [0.25, 0.3) is 10.2 Å². The number of aromatic nitrogens is 1. The quantitative estimate of drug-likeness (QED) is 0.500. The fraction of sp³-hybridized carbons (Fsp3) is 0.238. The lowest BCUT2D eigenvalue weighted by atomic mass is 10.2. The van der Waals surface area contributed by atoms with E-state index in [0.717, 1.165) is 17.6 Å². The highest BCUT2D eigenvalue weighted by atomic mass is 32.2. The Morgan fingerprint density at radius 2 is 1.84 bits per heavy atom. The van der Waals surface area contributed by atoms with Crippen LogP contribution in [0.3, 0.4) is 0 Å². The van der Waals surface area contributed by atoms with E-state index in [1.807, 2.05) is 0 Å². The van der Waals surface area contributed by atoms with Crippen LogP contribution in [0, 0.1) is 0 Å². The zero-order valence-electron chi connectivity index (χ0n) is 17.5. The molecule has 32 heavy (non-hydrogen) atoms. The number of hydrogen-bond donors (Lipinski definition) is 0. The second-order valence-electron chi connectivity index (χ2n) is 6.64. The van der Waals surface area contributed by atoms with Crippen molar-refractivity contribution in [1.29, 1.82) is 0 Å². The van der Waals surface area contributed by atoms with E-state index in [0.29, 0.717) is 15.8 Å². The molecule has 0 fully saturated rings. The summed E-state index contributed by atoms with van der Waals surface area (Å²) in [6.45, 7) is 1.64. The first-order valence-electron chi connectivity index (χ1n) is 9.41. The Bertz CT molecular complexity index is 1380. The van der Waals surface area contributed by atoms with E-state index in [1.165, 1.54) is 42.0 Å². The summed E-state index contributed by atoms with van der Waals surface area (Å²) in [5.41, 5.74) is 0.772. The summed E-state index contributed by atoms with van der Waals surface area (Å²) < 4.78 is 36.0. The van der Waals surface area contributed by atoms with Gasteiger partial charge in [-0.2, -0.15) is 4.99 Å². The van der Waals surface area contributed by atoms with Gasteiger partial charge in [0.2, 0.25) is 0 Å². The van der Waals surface area contributed by atoms with Crippen LogP contribution in [0.2, 0.25) is 0 Å². The van der Waals surface area contributed by atoms with Gasteiger partial charge in [0, 0.05) is 6.26 Å². The first-order chi connectivity index (χ1) is 15.2. The Balaban J connectivity index is 2.20. The molecule has 168 valence electrons. The number of thiazole rings is 1. The minimum Gasteiger partial charge on any atom is -0.465 e. The molecule has 1 heterocycles. The van der Waals surface area contributed by atoms with Crippen LogP contribution >= 0.6 is 11.3 Å². The van der Waals surface area contributed by atoms with Crippen LogP contribution in [0.1, 0.15) is 27.6 Å². The maximum absolute atomic E-state index is 12.9. The first kappa shape index (κ1) is 23.4. The van der Waals surface area contributed by atoms with Crippen LogP contribution < -0.4 is 4.80 Å². The molecule has 9 nitrogen and oxygen atoms in total. The summed E-state index contributed by atoms with van der Waals surface area (Å²) in [5.74, 6) is -1.84. The van der Waals surface area contributed by atoms with Gasteiger partial charge in [0.25, 0.3) is 5.91 Å². The van der Waals surface area contributed by atoms with Gasteiger partial charge >= 0.3 is 11.9 Å². The number of rotatable bonds is 6. The Morgan fingerprint density at radius 1 is 1.12 bits per heavy atom. The van der Waals surface area contributed by atoms with Crippen LogP contribution in [-0.4, -0.2) is 50.8 Å². The highest BCUT2D eigenvalue weighted by Gasteiger charge is 2.19. The third-order valence-electron chi connectivity index (χ3n) is 4.41. The second-order valence-corrected chi connectivity index (χ2v) is 9.63. The maximum atomic E-state index is 12.9. The molecule has 1 amide bonds. The summed E-state index contributed by atoms with van der Waals surface area (Å²) >= 11 is 1.07. The molecule has 0 N–H and O–H groups in total. The number of amides is 1. The van der Waals surface area contributed by atoms with Gasteiger partial charge in [0.15, 0.2) is 14.6 Å². The molecule has 0 radical (unpaired) electrons. The minimum atomic E-state index is -3.66. The third kappa shape index (κ3) is 4.94. The number of hydrogen-bond acceptors (Lipinski definition) is 8. The molecule has 0 bridgehead atoms. The third-order valence-corrected chi connectivity index (χ3v) is 6.61. The zero-order chi connectivity index (χ0) is 23.5. The Morgan fingerprint density at radius 3 is 2.50 bits per heavy atom. The van der Waals surface area contributed by atoms with Gasteiger partial charge in [0.05, 0.1) is 40.0 Å². The summed E-state index contributed by atoms with van der Waals surface area (Å²) in [7, 11) is -2.40. The molecule has 0 aliphatic heterocycles. The van der Waals surface area contributed by atoms with E-state index in [9.17, 15) is 22.8 Å². The van der Waals surface area contributed by atoms with E-state index in [2.05, 4.69) is 4.99 Å². The lowest BCUT2D eigenvalue weighted by Gasteiger charge is -2.06. The number of benzene rings is 2. The van der Waals surface area contributed by atoms with E-state index >= 15 is 0 Å². The predicted octanol–water partition coefficient (Wildman–Crippen LogP) is 2.20. The van der Waals surface area contributed by atoms with E-state index in [1.54, 1.807) is 19.1 Å². The number of nitrogens with zero attached hydrogens (tertiary/aromatic N) is 2. The monoisotopic (exact) mass is 476 g/mol. The molecule has 0 atom stereocenters. The summed E-state index contributed by atoms with van der Waals surface area (Å²) in [6.07, 6.45) is 1.01. The van der Waals surface area contributed by atoms with Crippen molar-refractivity contribution in [3.63, 3.8) is 0 Å². The highest BCUT2D eigenvalue weighted by molar-refractivity contribution is 7.90. The van der Waals surface area contributed by atoms with E-state index in [-0.39, 0.29) is 28.4 Å². The number of carbonyl (C=O) groups excluding carboxylic acids is 3. The predicted molar refractivity (Wildman–Crippen MR) is 117 cm³/mol. The molecule has 3 rings (SSSR count). The molecular weight excluding hydrogens is 456 g/mol. The summed E-state index contributed by atoms with van der Waals surface area (Å²) in [4.78, 5) is 41.1. The minimum absolute atomic E-state index is 0.0783. The van der Waals surface area contributed by atoms with Gasteiger partial charge in [-0.1, -0.05) is 23.5 Å². The zero-order valence-corrected chi connectivity index (χ0v) is 19.2. The fourth-order valence-electron chi connectivity index (χ4n) is 3.01. The molecule has 0 unspecified atom stereocenters. The largest absolute Gasteiger partial charge is 0.465 e. The average Bonchev–Trinajstić information content (AvgIpc) is 3.08. The number of methoxy groups -OCH3 is 1. The number of ether oxygens (including phenoxy) is 2. The highest BCUT2D eigenvalue weighted by Crippen LogP contribution is 2.21. The van der Waals surface area contributed by atoms with E-state index < -0.39 is 27.7 Å². The van der Waals surface area contributed by atoms with Crippen molar-refractivity contribution in [2.24, 2.45) is 4.99 Å². The van der Waals surface area contributed by atoms with Gasteiger partial charge < -0.3 is 14.0 Å². The fourth-order valence-corrected chi connectivity index (χ4v) is 4.95. The smallest absolute Gasteiger partial charge is 0.337 e. The van der Waals surface area contributed by atoms with Crippen molar-refractivity contribution in [2.75, 3.05) is 20.0 Å². The van der Waals surface area contributed by atoms with Crippen molar-refractivity contribution in [2.45, 2.75) is 18.4 Å². The van der Waals surface area contributed by atoms with Crippen LogP contribution in [0.4, 0.5) is 0 Å². The van der Waals surface area contributed by atoms with Crippen molar-refractivity contribution < 1.29 is 32.3 Å². The molecule has 0 saturated heterocycles. The number of sulfone groups is 1. The average molecular weight is 477 g/mol. The van der Waals surface area contributed by atoms with Crippen molar-refractivity contribution in [3.8, 4) is 0 Å². The molecular formula is C21H20N2O7S2. The molecule has 0 aliphatic carbocycles. The molecule has 0 spiro atoms. The van der Waals surface area contributed by atoms with Crippen molar-refractivity contribution in [3.05, 3.63) is 58.4 Å². The van der Waals surface area contributed by atoms with Gasteiger partial charge in [-0.05, 0) is 37.3 Å². The second kappa shape index (κ2) is 9.45. The number of carbonyl (C=O) groups is 3. The molecule has 3 aromatic rings. The topological polar surface area (TPSA) is 121 Å². The lowest BCUT2D eigenvalue weighted by Crippen LogP contribution is -2.23. The SMILES string of the molecule is CCOC(=O)Cn1c(=NC(=O)c2ccccc2S(C)(=O)=O)sc2cc(C(=O)OC)ccc21. The first-order valence-corrected chi connectivity index (χ1v) is 12.1. The Kier molecular flexibility index (Phi) is 6.90. The number of esters is 2. The molecule has 0 saturated carbocycles. The van der Waals surface area contributed by atoms with Gasteiger partial charge in [-0.15, -0.1) is 0 Å². The van der Waals surface area contributed by atoms with Gasteiger partial charge in [-0.3, -0.25) is 9.59 Å². The molecule has 0 aliphatic rings. The summed E-state index contributed by atoms with van der Waals surface area (Å²) in [6, 6.07) is 10.5. The molecule has 2 aromatic carbocycles. The van der Waals surface area contributed by atoms with Gasteiger partial charge in [0.1, 0.15) is 6.54 Å². The van der Waals surface area contributed by atoms with Crippen molar-refractivity contribution >= 4 is 49.2 Å². The van der Waals surface area contributed by atoms with Gasteiger partial charge in [-0.25, -0.2) is 13.2 Å². The normalized spacial score (nSPS) is 12.0. The molecule has 11 heteroatoms. The van der Waals surface area contributed by atoms with Crippen molar-refractivity contribution in [1.82, 2.24) is 4.57 Å². The van der Waals surface area contributed by atoms with Crippen LogP contribution in [-0.2, 0) is 30.7 Å². The standard InChI is InChI=1S/C21H20N2O7S2/c1-4-30-18(24)12-23-15-10-9-13(20(26)29-2)11-16(15)31-21(23)22-19(25)14-7-5-6-8-17(14)32(3,27)28/h5-11H,4,12H2,1-3H3. The lowest BCUT2D eigenvalue weighted by molar-refractivity contribution is -0.143. The number of fused-ring (bicyclic) bond motifs is 1. The molecule has 1 aromatic heterocycles. The summed E-state index contributed by atoms with van der Waals surface area (Å²) in [5, 5.41) is 0.